The minimum absolute atomic E-state index is 0.245. The summed E-state index contributed by atoms with van der Waals surface area (Å²) in [6.45, 7) is 6.92. The van der Waals surface area contributed by atoms with Gasteiger partial charge in [-0.1, -0.05) is 77.3 Å². The molecule has 0 amide bonds. The van der Waals surface area contributed by atoms with Crippen LogP contribution in [0, 0.1) is 0 Å². The number of benzene rings is 2. The predicted molar refractivity (Wildman–Crippen MR) is 166 cm³/mol. The lowest BCUT2D eigenvalue weighted by Crippen LogP contribution is -2.17. The van der Waals surface area contributed by atoms with E-state index in [1.54, 1.807) is 0 Å². The molecule has 0 spiro atoms. The number of rotatable bonds is 20. The van der Waals surface area contributed by atoms with Gasteiger partial charge in [0.15, 0.2) is 17.3 Å². The van der Waals surface area contributed by atoms with E-state index in [2.05, 4.69) is 35.9 Å². The molecule has 1 atom stereocenters. The van der Waals surface area contributed by atoms with Crippen molar-refractivity contribution in [3.8, 4) is 39.8 Å². The highest BCUT2D eigenvalue weighted by Crippen LogP contribution is 2.38. The minimum atomic E-state index is -0.245. The van der Waals surface area contributed by atoms with Crippen LogP contribution in [0.2, 0.25) is 0 Å². The van der Waals surface area contributed by atoms with Crippen LogP contribution in [-0.4, -0.2) is 36.1 Å². The Kier molecular flexibility index (Phi) is 13.3. The zero-order valence-electron chi connectivity index (χ0n) is 25.1. The molecule has 0 saturated heterocycles. The molecule has 1 aliphatic heterocycles. The van der Waals surface area contributed by atoms with Gasteiger partial charge in [-0.05, 0) is 61.6 Å². The van der Waals surface area contributed by atoms with Gasteiger partial charge in [0.05, 0.1) is 6.61 Å². The van der Waals surface area contributed by atoms with Gasteiger partial charge in [0.25, 0.3) is 0 Å². The maximum absolute atomic E-state index is 6.07. The summed E-state index contributed by atoms with van der Waals surface area (Å²) in [7, 11) is 0. The molecule has 2 aromatic carbocycles. The van der Waals surface area contributed by atoms with E-state index in [1.807, 2.05) is 42.7 Å². The Morgan fingerprint density at radius 2 is 1.22 bits per heavy atom. The predicted octanol–water partition coefficient (Wildman–Crippen LogP) is 9.41. The first-order valence-corrected chi connectivity index (χ1v) is 15.9. The third-order valence-electron chi connectivity index (χ3n) is 7.45. The van der Waals surface area contributed by atoms with Gasteiger partial charge in [0, 0.05) is 43.2 Å². The van der Waals surface area contributed by atoms with Gasteiger partial charge in [-0.3, -0.25) is 0 Å². The second-order valence-corrected chi connectivity index (χ2v) is 10.9. The van der Waals surface area contributed by atoms with Gasteiger partial charge in [-0.2, -0.15) is 0 Å². The van der Waals surface area contributed by atoms with Crippen LogP contribution in [0.1, 0.15) is 97.3 Å². The van der Waals surface area contributed by atoms with Gasteiger partial charge in [0.1, 0.15) is 5.75 Å². The maximum Gasteiger partial charge on any atom is 0.241 e. The van der Waals surface area contributed by atoms with E-state index in [4.69, 9.17) is 18.9 Å². The van der Waals surface area contributed by atoms with Crippen LogP contribution in [0.4, 0.5) is 0 Å². The van der Waals surface area contributed by atoms with Crippen molar-refractivity contribution in [2.24, 2.45) is 0 Å². The second kappa shape index (κ2) is 17.6. The van der Waals surface area contributed by atoms with Crippen LogP contribution < -0.4 is 14.2 Å². The van der Waals surface area contributed by atoms with Gasteiger partial charge in [-0.25, -0.2) is 9.97 Å². The smallest absolute Gasteiger partial charge is 0.241 e. The van der Waals surface area contributed by atoms with Crippen LogP contribution in [0.25, 0.3) is 22.5 Å². The molecular weight excluding hydrogens is 512 g/mol. The van der Waals surface area contributed by atoms with Crippen molar-refractivity contribution in [3.63, 3.8) is 0 Å². The van der Waals surface area contributed by atoms with Crippen molar-refractivity contribution in [2.45, 2.75) is 104 Å². The molecule has 1 aliphatic rings. The fourth-order valence-corrected chi connectivity index (χ4v) is 4.95. The van der Waals surface area contributed by atoms with Crippen molar-refractivity contribution in [1.29, 1.82) is 0 Å². The fraction of sp³-hybridized carbons (Fsp3) is 0.543. The number of ether oxygens (including phenoxy) is 4. The molecule has 2 heterocycles. The number of fused-ring (bicyclic) bond motifs is 1. The highest BCUT2D eigenvalue weighted by molar-refractivity contribution is 5.66. The van der Waals surface area contributed by atoms with Gasteiger partial charge in [-0.15, -0.1) is 0 Å². The fourth-order valence-electron chi connectivity index (χ4n) is 4.95. The number of hydrogen-bond donors (Lipinski definition) is 0. The molecule has 222 valence electrons. The van der Waals surface area contributed by atoms with Crippen molar-refractivity contribution < 1.29 is 18.9 Å². The van der Waals surface area contributed by atoms with Crippen LogP contribution in [0.3, 0.4) is 0 Å². The van der Waals surface area contributed by atoms with Crippen molar-refractivity contribution in [3.05, 3.63) is 54.9 Å². The number of hydrogen-bond acceptors (Lipinski definition) is 6. The zero-order chi connectivity index (χ0) is 28.5. The molecule has 1 unspecified atom stereocenters. The summed E-state index contributed by atoms with van der Waals surface area (Å²) < 4.78 is 23.7. The summed E-state index contributed by atoms with van der Waals surface area (Å²) in [5.41, 5.74) is 2.95. The molecule has 0 radical (unpaired) electrons. The first kappa shape index (κ1) is 30.8. The first-order chi connectivity index (χ1) is 20.3. The molecule has 0 bridgehead atoms. The standard InChI is InChI=1S/C35H48N2O4/c1-3-5-7-9-10-13-24-39-31-19-16-28(17-20-31)30-26-36-35(37-27-30)29-18-21-32-33(25-29)41-34(40-32)15-11-14-23-38-22-12-8-6-4-2/h16-21,25-27,34H,3-15,22-24H2,1-2H3. The molecule has 1 aromatic heterocycles. The number of aromatic nitrogens is 2. The highest BCUT2D eigenvalue weighted by atomic mass is 16.7. The summed E-state index contributed by atoms with van der Waals surface area (Å²) in [5.74, 6) is 3.11. The summed E-state index contributed by atoms with van der Waals surface area (Å²) in [6.07, 6.45) is 18.9. The molecule has 4 rings (SSSR count). The summed E-state index contributed by atoms with van der Waals surface area (Å²) >= 11 is 0. The van der Waals surface area contributed by atoms with Gasteiger partial charge < -0.3 is 18.9 Å². The largest absolute Gasteiger partial charge is 0.494 e. The SMILES string of the molecule is CCCCCCCCOc1ccc(-c2cnc(-c3ccc4c(c3)OC(CCCCOCCCCCC)O4)nc2)cc1. The summed E-state index contributed by atoms with van der Waals surface area (Å²) in [4.78, 5) is 9.26. The third-order valence-corrected chi connectivity index (χ3v) is 7.45. The summed E-state index contributed by atoms with van der Waals surface area (Å²) in [6, 6.07) is 14.1. The van der Waals surface area contributed by atoms with E-state index >= 15 is 0 Å². The molecule has 6 nitrogen and oxygen atoms in total. The lowest BCUT2D eigenvalue weighted by atomic mass is 10.1. The van der Waals surface area contributed by atoms with E-state index in [-0.39, 0.29) is 6.29 Å². The topological polar surface area (TPSA) is 62.7 Å². The van der Waals surface area contributed by atoms with Crippen LogP contribution >= 0.6 is 0 Å². The zero-order valence-corrected chi connectivity index (χ0v) is 25.1. The number of unbranched alkanes of at least 4 members (excludes halogenated alkanes) is 9. The summed E-state index contributed by atoms with van der Waals surface area (Å²) in [5, 5.41) is 0. The van der Waals surface area contributed by atoms with E-state index in [1.165, 1.54) is 51.4 Å². The minimum Gasteiger partial charge on any atom is -0.494 e. The third kappa shape index (κ3) is 10.3. The second-order valence-electron chi connectivity index (χ2n) is 10.9. The Morgan fingerprint density at radius 3 is 1.98 bits per heavy atom. The average molecular weight is 561 g/mol. The monoisotopic (exact) mass is 560 g/mol. The lowest BCUT2D eigenvalue weighted by Gasteiger charge is -2.10. The van der Waals surface area contributed by atoms with E-state index in [0.29, 0.717) is 5.82 Å². The molecular formula is C35H48N2O4. The van der Waals surface area contributed by atoms with Crippen LogP contribution in [0.15, 0.2) is 54.9 Å². The quantitative estimate of drug-likeness (QED) is 0.128. The molecule has 0 aliphatic carbocycles. The normalized spacial score (nSPS) is 14.0. The Balaban J connectivity index is 1.19. The molecule has 3 aromatic rings. The van der Waals surface area contributed by atoms with Crippen molar-refractivity contribution in [2.75, 3.05) is 19.8 Å². The lowest BCUT2D eigenvalue weighted by molar-refractivity contribution is 0.0366. The van der Waals surface area contributed by atoms with Crippen molar-refractivity contribution >= 4 is 0 Å². The Labute approximate surface area is 246 Å². The highest BCUT2D eigenvalue weighted by Gasteiger charge is 2.24. The molecule has 0 fully saturated rings. The molecule has 0 saturated carbocycles. The molecule has 0 N–H and O–H groups in total. The van der Waals surface area contributed by atoms with Gasteiger partial charge >= 0.3 is 0 Å². The first-order valence-electron chi connectivity index (χ1n) is 15.9. The Morgan fingerprint density at radius 1 is 0.610 bits per heavy atom. The Hall–Kier alpha value is -3.12. The Bertz CT molecular complexity index is 1130. The van der Waals surface area contributed by atoms with E-state index < -0.39 is 0 Å². The maximum atomic E-state index is 6.07. The number of nitrogens with zero attached hydrogens (tertiary/aromatic N) is 2. The molecule has 41 heavy (non-hydrogen) atoms. The van der Waals surface area contributed by atoms with Crippen LogP contribution in [-0.2, 0) is 4.74 Å². The van der Waals surface area contributed by atoms with E-state index in [0.717, 1.165) is 85.9 Å². The van der Waals surface area contributed by atoms with E-state index in [9.17, 15) is 0 Å². The molecule has 6 heteroatoms. The van der Waals surface area contributed by atoms with Crippen LogP contribution in [0.5, 0.6) is 17.2 Å². The van der Waals surface area contributed by atoms with Gasteiger partial charge in [0.2, 0.25) is 6.29 Å². The average Bonchev–Trinajstić information content (AvgIpc) is 3.42. The van der Waals surface area contributed by atoms with Crippen molar-refractivity contribution in [1.82, 2.24) is 9.97 Å².